The maximum atomic E-state index is 12.0. The molecule has 1 fully saturated rings. The molecule has 0 aliphatic heterocycles. The molecule has 0 saturated heterocycles. The number of carbonyl (C=O) groups is 1. The topological polar surface area (TPSA) is 56.0 Å². The third-order valence-electron chi connectivity index (χ3n) is 3.12. The van der Waals surface area contributed by atoms with Gasteiger partial charge in [-0.3, -0.25) is 9.78 Å². The molecular formula is C12H16N2O. The second-order valence-corrected chi connectivity index (χ2v) is 4.28. The average Bonchev–Trinajstić information content (AvgIpc) is 2.68. The number of nitrogens with two attached hydrogens (primary N) is 1. The normalized spacial score (nSPS) is 19.0. The summed E-state index contributed by atoms with van der Waals surface area (Å²) in [5.41, 5.74) is 6.32. The highest BCUT2D eigenvalue weighted by Crippen LogP contribution is 2.28. The van der Waals surface area contributed by atoms with Crippen LogP contribution < -0.4 is 5.73 Å². The number of nitrogens with zero attached hydrogens (tertiary/aromatic N) is 1. The summed E-state index contributed by atoms with van der Waals surface area (Å²) in [7, 11) is 0. The molecule has 0 aromatic carbocycles. The first kappa shape index (κ1) is 10.3. The molecule has 1 aliphatic rings. The molecule has 0 unspecified atom stereocenters. The van der Waals surface area contributed by atoms with E-state index >= 15 is 0 Å². The van der Waals surface area contributed by atoms with E-state index < -0.39 is 5.54 Å². The van der Waals surface area contributed by atoms with Gasteiger partial charge in [0.25, 0.3) is 0 Å². The first-order valence-electron chi connectivity index (χ1n) is 5.43. The lowest BCUT2D eigenvalue weighted by Gasteiger charge is -2.21. The zero-order valence-corrected chi connectivity index (χ0v) is 8.78. The monoisotopic (exact) mass is 204 g/mol. The van der Waals surface area contributed by atoms with E-state index in [9.17, 15) is 4.79 Å². The molecule has 0 bridgehead atoms. The fraction of sp³-hybridized carbons (Fsp3) is 0.500. The van der Waals surface area contributed by atoms with E-state index in [0.29, 0.717) is 6.42 Å². The van der Waals surface area contributed by atoms with Crippen LogP contribution in [0.2, 0.25) is 0 Å². The number of pyridine rings is 1. The van der Waals surface area contributed by atoms with Gasteiger partial charge in [-0.25, -0.2) is 0 Å². The van der Waals surface area contributed by atoms with E-state index in [1.165, 1.54) is 0 Å². The summed E-state index contributed by atoms with van der Waals surface area (Å²) in [6.45, 7) is 0. The minimum absolute atomic E-state index is 0.138. The molecule has 80 valence electrons. The summed E-state index contributed by atoms with van der Waals surface area (Å²) in [6.07, 6.45) is 5.89. The summed E-state index contributed by atoms with van der Waals surface area (Å²) >= 11 is 0. The van der Waals surface area contributed by atoms with E-state index in [0.717, 1.165) is 31.4 Å². The van der Waals surface area contributed by atoms with Gasteiger partial charge in [-0.1, -0.05) is 18.9 Å². The first-order chi connectivity index (χ1) is 7.21. The Morgan fingerprint density at radius 2 is 2.13 bits per heavy atom. The van der Waals surface area contributed by atoms with Gasteiger partial charge >= 0.3 is 0 Å². The highest BCUT2D eigenvalue weighted by atomic mass is 16.1. The van der Waals surface area contributed by atoms with Crippen LogP contribution >= 0.6 is 0 Å². The van der Waals surface area contributed by atoms with E-state index in [2.05, 4.69) is 4.98 Å². The van der Waals surface area contributed by atoms with Crippen LogP contribution in [0.15, 0.2) is 24.4 Å². The Kier molecular flexibility index (Phi) is 2.82. The maximum Gasteiger partial charge on any atom is 0.158 e. The number of carbonyl (C=O) groups excluding carboxylic acids is 1. The maximum absolute atomic E-state index is 12.0. The standard InChI is InChI=1S/C12H16N2O/c13-12(6-2-3-7-12)11(15)9-10-5-1-4-8-14-10/h1,4-5,8H,2-3,6-7,9,13H2. The molecule has 0 atom stereocenters. The van der Waals surface area contributed by atoms with Crippen molar-refractivity contribution in [2.24, 2.45) is 5.73 Å². The largest absolute Gasteiger partial charge is 0.319 e. The summed E-state index contributed by atoms with van der Waals surface area (Å²) in [5.74, 6) is 0.138. The fourth-order valence-electron chi connectivity index (χ4n) is 2.13. The van der Waals surface area contributed by atoms with Gasteiger partial charge in [0.1, 0.15) is 0 Å². The minimum atomic E-state index is -0.572. The van der Waals surface area contributed by atoms with Crippen LogP contribution in [0.1, 0.15) is 31.4 Å². The van der Waals surface area contributed by atoms with Gasteiger partial charge in [-0.05, 0) is 25.0 Å². The van der Waals surface area contributed by atoms with Crippen LogP contribution in [0.5, 0.6) is 0 Å². The molecule has 1 saturated carbocycles. The van der Waals surface area contributed by atoms with E-state index in [4.69, 9.17) is 5.73 Å². The predicted molar refractivity (Wildman–Crippen MR) is 58.3 cm³/mol. The molecule has 1 heterocycles. The van der Waals surface area contributed by atoms with Gasteiger partial charge in [-0.15, -0.1) is 0 Å². The van der Waals surface area contributed by atoms with Crippen molar-refractivity contribution < 1.29 is 4.79 Å². The Hall–Kier alpha value is -1.22. The average molecular weight is 204 g/mol. The summed E-state index contributed by atoms with van der Waals surface area (Å²) in [5, 5.41) is 0. The number of Topliss-reactive ketones (excluding diaryl/α,β-unsaturated/α-hetero) is 1. The highest BCUT2D eigenvalue weighted by molar-refractivity contribution is 5.89. The molecule has 3 nitrogen and oxygen atoms in total. The highest BCUT2D eigenvalue weighted by Gasteiger charge is 2.36. The summed E-state index contributed by atoms with van der Waals surface area (Å²) < 4.78 is 0. The third kappa shape index (κ3) is 2.23. The molecule has 2 rings (SSSR count). The lowest BCUT2D eigenvalue weighted by Crippen LogP contribution is -2.46. The van der Waals surface area contributed by atoms with Crippen LogP contribution in [-0.2, 0) is 11.2 Å². The number of ketones is 1. The van der Waals surface area contributed by atoms with Crippen LogP contribution in [-0.4, -0.2) is 16.3 Å². The Labute approximate surface area is 89.7 Å². The smallest absolute Gasteiger partial charge is 0.158 e. The SMILES string of the molecule is NC1(C(=O)Cc2ccccn2)CCCC1. The van der Waals surface area contributed by atoms with E-state index in [1.54, 1.807) is 6.20 Å². The van der Waals surface area contributed by atoms with E-state index in [1.807, 2.05) is 18.2 Å². The number of aromatic nitrogens is 1. The zero-order chi connectivity index (χ0) is 10.7. The van der Waals surface area contributed by atoms with Crippen molar-refractivity contribution in [3.63, 3.8) is 0 Å². The van der Waals surface area contributed by atoms with Crippen molar-refractivity contribution in [3.05, 3.63) is 30.1 Å². The molecule has 1 aliphatic carbocycles. The third-order valence-corrected chi connectivity index (χ3v) is 3.12. The molecule has 0 amide bonds. The molecule has 15 heavy (non-hydrogen) atoms. The zero-order valence-electron chi connectivity index (χ0n) is 8.78. The summed E-state index contributed by atoms with van der Waals surface area (Å²) in [4.78, 5) is 16.1. The van der Waals surface area contributed by atoms with Crippen molar-refractivity contribution in [2.45, 2.75) is 37.6 Å². The quantitative estimate of drug-likeness (QED) is 0.811. The van der Waals surface area contributed by atoms with Gasteiger partial charge in [0.2, 0.25) is 0 Å². The minimum Gasteiger partial charge on any atom is -0.319 e. The van der Waals surface area contributed by atoms with Crippen LogP contribution in [0.3, 0.4) is 0 Å². The van der Waals surface area contributed by atoms with Crippen molar-refractivity contribution in [2.75, 3.05) is 0 Å². The van der Waals surface area contributed by atoms with Crippen LogP contribution in [0, 0.1) is 0 Å². The van der Waals surface area contributed by atoms with E-state index in [-0.39, 0.29) is 5.78 Å². The Morgan fingerprint density at radius 3 is 2.73 bits per heavy atom. The Morgan fingerprint density at radius 1 is 1.40 bits per heavy atom. The van der Waals surface area contributed by atoms with Gasteiger partial charge in [0.15, 0.2) is 5.78 Å². The van der Waals surface area contributed by atoms with Gasteiger partial charge in [0.05, 0.1) is 12.0 Å². The van der Waals surface area contributed by atoms with Crippen molar-refractivity contribution in [1.82, 2.24) is 4.98 Å². The molecular weight excluding hydrogens is 188 g/mol. The van der Waals surface area contributed by atoms with Crippen LogP contribution in [0.4, 0.5) is 0 Å². The molecule has 3 heteroatoms. The Balaban J connectivity index is 2.04. The van der Waals surface area contributed by atoms with Crippen molar-refractivity contribution in [1.29, 1.82) is 0 Å². The number of hydrogen-bond donors (Lipinski definition) is 1. The molecule has 0 spiro atoms. The Bertz CT molecular complexity index is 342. The molecule has 1 aromatic heterocycles. The predicted octanol–water partition coefficient (Wildman–Crippen LogP) is 1.46. The summed E-state index contributed by atoms with van der Waals surface area (Å²) in [6, 6.07) is 5.62. The number of rotatable bonds is 3. The second kappa shape index (κ2) is 4.11. The van der Waals surface area contributed by atoms with Crippen molar-refractivity contribution >= 4 is 5.78 Å². The van der Waals surface area contributed by atoms with Gasteiger partial charge < -0.3 is 5.73 Å². The molecule has 2 N–H and O–H groups in total. The molecule has 0 radical (unpaired) electrons. The number of hydrogen-bond acceptors (Lipinski definition) is 3. The lowest BCUT2D eigenvalue weighted by molar-refractivity contribution is -0.123. The van der Waals surface area contributed by atoms with Crippen molar-refractivity contribution in [3.8, 4) is 0 Å². The van der Waals surface area contributed by atoms with Gasteiger partial charge in [0, 0.05) is 11.9 Å². The second-order valence-electron chi connectivity index (χ2n) is 4.28. The van der Waals surface area contributed by atoms with Crippen LogP contribution in [0.25, 0.3) is 0 Å². The lowest BCUT2D eigenvalue weighted by atomic mass is 9.90. The fourth-order valence-corrected chi connectivity index (χ4v) is 2.13. The first-order valence-corrected chi connectivity index (χ1v) is 5.43. The van der Waals surface area contributed by atoms with Gasteiger partial charge in [-0.2, -0.15) is 0 Å². The molecule has 1 aromatic rings.